The maximum Gasteiger partial charge on any atom is 0.0587 e. The Morgan fingerprint density at radius 2 is 2.00 bits per heavy atom. The molecule has 2 nitrogen and oxygen atoms in total. The van der Waals surface area contributed by atoms with Crippen LogP contribution in [0.4, 0.5) is 0 Å². The van der Waals surface area contributed by atoms with Crippen molar-refractivity contribution < 1.29 is 5.11 Å². The summed E-state index contributed by atoms with van der Waals surface area (Å²) in [6.07, 6.45) is 8.36. The highest BCUT2D eigenvalue weighted by Gasteiger charge is 2.38. The summed E-state index contributed by atoms with van der Waals surface area (Å²) in [6, 6.07) is 11.1. The fourth-order valence-electron chi connectivity index (χ4n) is 3.97. The second-order valence-corrected chi connectivity index (χ2v) is 6.47. The van der Waals surface area contributed by atoms with Crippen LogP contribution in [0.5, 0.6) is 0 Å². The predicted molar refractivity (Wildman–Crippen MR) is 82.5 cm³/mol. The molecule has 2 bridgehead atoms. The summed E-state index contributed by atoms with van der Waals surface area (Å²) in [5, 5.41) is 13.3. The lowest BCUT2D eigenvalue weighted by molar-refractivity contribution is 0.210. The summed E-state index contributed by atoms with van der Waals surface area (Å²) >= 11 is 0. The van der Waals surface area contributed by atoms with E-state index in [-0.39, 0.29) is 12.6 Å². The van der Waals surface area contributed by atoms with Gasteiger partial charge in [-0.1, -0.05) is 42.5 Å². The zero-order valence-electron chi connectivity index (χ0n) is 12.2. The number of fused-ring (bicyclic) bond motifs is 2. The molecule has 4 unspecified atom stereocenters. The van der Waals surface area contributed by atoms with E-state index in [9.17, 15) is 5.11 Å². The molecule has 1 aromatic rings. The third-order valence-electron chi connectivity index (χ3n) is 5.02. The Morgan fingerprint density at radius 1 is 1.20 bits per heavy atom. The van der Waals surface area contributed by atoms with Crippen LogP contribution >= 0.6 is 0 Å². The highest BCUT2D eigenvalue weighted by atomic mass is 16.3. The van der Waals surface area contributed by atoms with Gasteiger partial charge >= 0.3 is 0 Å². The second kappa shape index (κ2) is 6.11. The van der Waals surface area contributed by atoms with Crippen molar-refractivity contribution in [3.05, 3.63) is 48.0 Å². The molecule has 0 amide bonds. The average Bonchev–Trinajstić information content (AvgIpc) is 3.10. The summed E-state index contributed by atoms with van der Waals surface area (Å²) < 4.78 is 0. The molecule has 0 saturated heterocycles. The standard InChI is InChI=1S/C18H25NO/c1-13(18-11-15-7-8-16(18)9-15)19-17(12-20)10-14-5-3-2-4-6-14/h2-8,13,15-20H,9-12H2,1H3/t13?,15?,16?,17-,18?/m1/s1. The second-order valence-electron chi connectivity index (χ2n) is 6.47. The Bertz CT molecular complexity index is 456. The summed E-state index contributed by atoms with van der Waals surface area (Å²) in [5.41, 5.74) is 1.29. The van der Waals surface area contributed by atoms with Crippen molar-refractivity contribution in [3.8, 4) is 0 Å². The first kappa shape index (κ1) is 13.8. The van der Waals surface area contributed by atoms with Gasteiger partial charge in [-0.3, -0.25) is 0 Å². The first-order valence-corrected chi connectivity index (χ1v) is 7.85. The largest absolute Gasteiger partial charge is 0.395 e. The van der Waals surface area contributed by atoms with Crippen LogP contribution in [0.2, 0.25) is 0 Å². The van der Waals surface area contributed by atoms with Gasteiger partial charge in [0.25, 0.3) is 0 Å². The number of allylic oxidation sites excluding steroid dienone is 2. The summed E-state index contributed by atoms with van der Waals surface area (Å²) in [4.78, 5) is 0. The normalized spacial score (nSPS) is 30.6. The van der Waals surface area contributed by atoms with Crippen LogP contribution in [0.3, 0.4) is 0 Å². The fraction of sp³-hybridized carbons (Fsp3) is 0.556. The van der Waals surface area contributed by atoms with Gasteiger partial charge in [-0.25, -0.2) is 0 Å². The summed E-state index contributed by atoms with van der Waals surface area (Å²) in [7, 11) is 0. The van der Waals surface area contributed by atoms with Gasteiger partial charge < -0.3 is 10.4 Å². The molecular weight excluding hydrogens is 246 g/mol. The minimum atomic E-state index is 0.163. The molecule has 20 heavy (non-hydrogen) atoms. The maximum atomic E-state index is 9.63. The van der Waals surface area contributed by atoms with Crippen LogP contribution in [-0.4, -0.2) is 23.8 Å². The number of benzene rings is 1. The van der Waals surface area contributed by atoms with Crippen LogP contribution < -0.4 is 5.32 Å². The lowest BCUT2D eigenvalue weighted by atomic mass is 9.87. The van der Waals surface area contributed by atoms with E-state index < -0.39 is 0 Å². The van der Waals surface area contributed by atoms with Crippen LogP contribution in [0.25, 0.3) is 0 Å². The van der Waals surface area contributed by atoms with E-state index >= 15 is 0 Å². The van der Waals surface area contributed by atoms with Gasteiger partial charge in [-0.2, -0.15) is 0 Å². The highest BCUT2D eigenvalue weighted by molar-refractivity contribution is 5.16. The molecule has 0 radical (unpaired) electrons. The lowest BCUT2D eigenvalue weighted by Gasteiger charge is -2.30. The molecule has 108 valence electrons. The van der Waals surface area contributed by atoms with Gasteiger partial charge in [0.15, 0.2) is 0 Å². The first-order valence-electron chi connectivity index (χ1n) is 7.85. The van der Waals surface area contributed by atoms with Crippen molar-refractivity contribution >= 4 is 0 Å². The number of aliphatic hydroxyl groups excluding tert-OH is 1. The third kappa shape index (κ3) is 2.97. The molecule has 0 aromatic heterocycles. The van der Waals surface area contributed by atoms with Crippen molar-refractivity contribution in [2.24, 2.45) is 17.8 Å². The molecule has 1 aromatic carbocycles. The maximum absolute atomic E-state index is 9.63. The minimum absolute atomic E-state index is 0.163. The van der Waals surface area contributed by atoms with Crippen molar-refractivity contribution in [2.75, 3.05) is 6.61 Å². The molecule has 2 heteroatoms. The Balaban J connectivity index is 1.56. The van der Waals surface area contributed by atoms with Crippen molar-refractivity contribution in [1.82, 2.24) is 5.32 Å². The molecule has 0 spiro atoms. The Morgan fingerprint density at radius 3 is 2.60 bits per heavy atom. The first-order chi connectivity index (χ1) is 9.76. The van der Waals surface area contributed by atoms with Gasteiger partial charge in [-0.05, 0) is 49.5 Å². The number of nitrogens with one attached hydrogen (secondary N) is 1. The predicted octanol–water partition coefficient (Wildman–Crippen LogP) is 2.78. The molecule has 0 heterocycles. The number of aliphatic hydroxyl groups is 1. The van der Waals surface area contributed by atoms with Crippen LogP contribution in [0.15, 0.2) is 42.5 Å². The summed E-state index contributed by atoms with van der Waals surface area (Å²) in [5.74, 6) is 2.32. The van der Waals surface area contributed by atoms with Crippen LogP contribution in [0, 0.1) is 17.8 Å². The Kier molecular flexibility index (Phi) is 4.23. The third-order valence-corrected chi connectivity index (χ3v) is 5.02. The minimum Gasteiger partial charge on any atom is -0.395 e. The van der Waals surface area contributed by atoms with Gasteiger partial charge in [0, 0.05) is 12.1 Å². The van der Waals surface area contributed by atoms with E-state index in [1.54, 1.807) is 0 Å². The monoisotopic (exact) mass is 271 g/mol. The zero-order chi connectivity index (χ0) is 13.9. The van der Waals surface area contributed by atoms with E-state index in [2.05, 4.69) is 48.7 Å². The van der Waals surface area contributed by atoms with Crippen molar-refractivity contribution in [3.63, 3.8) is 0 Å². The number of rotatable bonds is 6. The molecule has 2 aliphatic rings. The quantitative estimate of drug-likeness (QED) is 0.780. The zero-order valence-corrected chi connectivity index (χ0v) is 12.2. The fourth-order valence-corrected chi connectivity index (χ4v) is 3.97. The molecule has 1 saturated carbocycles. The molecule has 2 aliphatic carbocycles. The van der Waals surface area contributed by atoms with Crippen molar-refractivity contribution in [2.45, 2.75) is 38.3 Å². The van der Waals surface area contributed by atoms with E-state index in [4.69, 9.17) is 0 Å². The van der Waals surface area contributed by atoms with E-state index in [1.165, 1.54) is 18.4 Å². The van der Waals surface area contributed by atoms with Gasteiger partial charge in [0.1, 0.15) is 0 Å². The molecule has 2 N–H and O–H groups in total. The highest BCUT2D eigenvalue weighted by Crippen LogP contribution is 2.44. The van der Waals surface area contributed by atoms with E-state index in [0.29, 0.717) is 6.04 Å². The van der Waals surface area contributed by atoms with Gasteiger partial charge in [0.2, 0.25) is 0 Å². The molecule has 5 atom stereocenters. The van der Waals surface area contributed by atoms with Crippen molar-refractivity contribution in [1.29, 1.82) is 0 Å². The number of hydrogen-bond acceptors (Lipinski definition) is 2. The average molecular weight is 271 g/mol. The van der Waals surface area contributed by atoms with E-state index in [0.717, 1.165) is 24.2 Å². The summed E-state index contributed by atoms with van der Waals surface area (Å²) in [6.45, 7) is 2.49. The van der Waals surface area contributed by atoms with Gasteiger partial charge in [-0.15, -0.1) is 0 Å². The molecular formula is C18H25NO. The lowest BCUT2D eigenvalue weighted by Crippen LogP contribution is -2.45. The van der Waals surface area contributed by atoms with Crippen LogP contribution in [-0.2, 0) is 6.42 Å². The Labute approximate surface area is 121 Å². The van der Waals surface area contributed by atoms with E-state index in [1.807, 2.05) is 6.07 Å². The SMILES string of the molecule is CC(N[C@@H](CO)Cc1ccccc1)C1CC2C=CC1C2. The molecule has 1 fully saturated rings. The Hall–Kier alpha value is -1.12. The molecule has 3 rings (SSSR count). The molecule has 0 aliphatic heterocycles. The topological polar surface area (TPSA) is 32.3 Å². The number of hydrogen-bond donors (Lipinski definition) is 2. The smallest absolute Gasteiger partial charge is 0.0587 e. The van der Waals surface area contributed by atoms with Gasteiger partial charge in [0.05, 0.1) is 6.61 Å². The van der Waals surface area contributed by atoms with Crippen LogP contribution in [0.1, 0.15) is 25.3 Å².